The second-order valence-electron chi connectivity index (χ2n) is 3.85. The molecule has 0 saturated carbocycles. The number of halogens is 1. The molecule has 80 valence electrons. The fourth-order valence-corrected chi connectivity index (χ4v) is 3.71. The van der Waals surface area contributed by atoms with E-state index in [9.17, 15) is 0 Å². The minimum absolute atomic E-state index is 0.458. The van der Waals surface area contributed by atoms with E-state index in [0.717, 1.165) is 12.2 Å². The van der Waals surface area contributed by atoms with Gasteiger partial charge in [-0.1, -0.05) is 43.6 Å². The van der Waals surface area contributed by atoms with Crippen molar-refractivity contribution in [2.45, 2.75) is 44.9 Å². The Morgan fingerprint density at radius 1 is 1.36 bits per heavy atom. The van der Waals surface area contributed by atoms with Gasteiger partial charge in [-0.3, -0.25) is 0 Å². The summed E-state index contributed by atoms with van der Waals surface area (Å²) in [5, 5.41) is 1.17. The zero-order valence-electron chi connectivity index (χ0n) is 9.12. The highest BCUT2D eigenvalue weighted by molar-refractivity contribution is 9.09. The number of aryl methyl sites for hydroxylation is 1. The zero-order chi connectivity index (χ0) is 10.7. The Kier molecular flexibility index (Phi) is 4.51. The number of nitrogens with zero attached hydrogens (tertiary/aromatic N) is 2. The molecular formula is C10H17BrN2S. The van der Waals surface area contributed by atoms with Gasteiger partial charge in [0.15, 0.2) is 0 Å². The Bertz CT molecular complexity index is 275. The van der Waals surface area contributed by atoms with Crippen molar-refractivity contribution in [2.24, 2.45) is 5.92 Å². The van der Waals surface area contributed by atoms with Gasteiger partial charge in [0.2, 0.25) is 0 Å². The smallest absolute Gasteiger partial charge is 0.142 e. The molecule has 0 amide bonds. The van der Waals surface area contributed by atoms with Crippen molar-refractivity contribution in [1.82, 2.24) is 9.36 Å². The van der Waals surface area contributed by atoms with Crippen LogP contribution < -0.4 is 0 Å². The summed E-state index contributed by atoms with van der Waals surface area (Å²) in [5.74, 6) is 2.05. The fourth-order valence-electron chi connectivity index (χ4n) is 1.56. The Labute approximate surface area is 98.4 Å². The van der Waals surface area contributed by atoms with Crippen molar-refractivity contribution in [3.63, 3.8) is 0 Å². The molecule has 2 atom stereocenters. The van der Waals surface area contributed by atoms with Crippen LogP contribution in [0.25, 0.3) is 0 Å². The van der Waals surface area contributed by atoms with Gasteiger partial charge in [-0.2, -0.15) is 4.37 Å². The highest BCUT2D eigenvalue weighted by Gasteiger charge is 2.24. The van der Waals surface area contributed by atoms with Crippen molar-refractivity contribution >= 4 is 27.5 Å². The summed E-state index contributed by atoms with van der Waals surface area (Å²) in [6.07, 6.45) is 0.929. The van der Waals surface area contributed by atoms with Gasteiger partial charge < -0.3 is 0 Å². The maximum absolute atomic E-state index is 4.55. The predicted octanol–water partition coefficient (Wildman–Crippen LogP) is 3.62. The molecule has 2 nitrogen and oxygen atoms in total. The molecule has 0 aromatic carbocycles. The second kappa shape index (κ2) is 5.21. The lowest BCUT2D eigenvalue weighted by atomic mass is 9.94. The molecule has 1 aromatic heterocycles. The lowest BCUT2D eigenvalue weighted by molar-refractivity contribution is 0.495. The zero-order valence-corrected chi connectivity index (χ0v) is 11.5. The molecule has 0 fully saturated rings. The van der Waals surface area contributed by atoms with E-state index < -0.39 is 0 Å². The van der Waals surface area contributed by atoms with Crippen LogP contribution in [-0.4, -0.2) is 14.2 Å². The summed E-state index contributed by atoms with van der Waals surface area (Å²) in [7, 11) is 0. The average molecular weight is 277 g/mol. The molecule has 0 aliphatic carbocycles. The molecule has 0 aliphatic rings. The van der Waals surface area contributed by atoms with Gasteiger partial charge in [-0.15, -0.1) is 0 Å². The van der Waals surface area contributed by atoms with Crippen molar-refractivity contribution in [3.05, 3.63) is 10.8 Å². The molecule has 1 heterocycles. The normalized spacial score (nSPS) is 15.9. The summed E-state index contributed by atoms with van der Waals surface area (Å²) in [4.78, 5) is 5.01. The Morgan fingerprint density at radius 2 is 2.00 bits per heavy atom. The van der Waals surface area contributed by atoms with Gasteiger partial charge in [0.25, 0.3) is 0 Å². The molecule has 0 spiro atoms. The van der Waals surface area contributed by atoms with Gasteiger partial charge in [-0.05, 0) is 17.5 Å². The van der Waals surface area contributed by atoms with Gasteiger partial charge in [0.05, 0.1) is 0 Å². The highest BCUT2D eigenvalue weighted by Crippen LogP contribution is 2.32. The minimum atomic E-state index is 0.458. The summed E-state index contributed by atoms with van der Waals surface area (Å²) in [6, 6.07) is 0. The first kappa shape index (κ1) is 12.1. The van der Waals surface area contributed by atoms with Crippen molar-refractivity contribution in [1.29, 1.82) is 0 Å². The third-order valence-corrected chi connectivity index (χ3v) is 3.72. The van der Waals surface area contributed by atoms with E-state index in [1.807, 2.05) is 0 Å². The Morgan fingerprint density at radius 3 is 2.36 bits per heavy atom. The van der Waals surface area contributed by atoms with Crippen LogP contribution in [0.5, 0.6) is 0 Å². The molecular weight excluding hydrogens is 260 g/mol. The molecule has 4 heteroatoms. The van der Waals surface area contributed by atoms with Crippen LogP contribution >= 0.6 is 27.5 Å². The van der Waals surface area contributed by atoms with Gasteiger partial charge in [-0.25, -0.2) is 4.98 Å². The van der Waals surface area contributed by atoms with E-state index in [1.165, 1.54) is 5.01 Å². The van der Waals surface area contributed by atoms with Crippen LogP contribution in [0.2, 0.25) is 0 Å². The molecule has 2 unspecified atom stereocenters. The summed E-state index contributed by atoms with van der Waals surface area (Å²) in [6.45, 7) is 8.73. The van der Waals surface area contributed by atoms with E-state index in [2.05, 4.69) is 53.0 Å². The maximum atomic E-state index is 4.55. The number of aromatic nitrogens is 2. The minimum Gasteiger partial charge on any atom is -0.224 e. The molecule has 1 aromatic rings. The topological polar surface area (TPSA) is 25.8 Å². The average Bonchev–Trinajstić information content (AvgIpc) is 2.51. The molecule has 0 radical (unpaired) electrons. The van der Waals surface area contributed by atoms with E-state index in [1.54, 1.807) is 11.5 Å². The van der Waals surface area contributed by atoms with Crippen LogP contribution in [0.1, 0.15) is 44.4 Å². The lowest BCUT2D eigenvalue weighted by Gasteiger charge is -2.20. The SMILES string of the molecule is CCc1nsc(C(C(C)C)C(C)Br)n1. The van der Waals surface area contributed by atoms with Crippen LogP contribution in [0.3, 0.4) is 0 Å². The highest BCUT2D eigenvalue weighted by atomic mass is 79.9. The van der Waals surface area contributed by atoms with Crippen LogP contribution in [0.4, 0.5) is 0 Å². The molecule has 0 aliphatic heterocycles. The monoisotopic (exact) mass is 276 g/mol. The fraction of sp³-hybridized carbons (Fsp3) is 0.800. The third-order valence-electron chi connectivity index (χ3n) is 2.30. The van der Waals surface area contributed by atoms with E-state index in [4.69, 9.17) is 0 Å². The van der Waals surface area contributed by atoms with Crippen molar-refractivity contribution < 1.29 is 0 Å². The first-order valence-corrected chi connectivity index (χ1v) is 6.71. The molecule has 0 N–H and O–H groups in total. The second-order valence-corrected chi connectivity index (χ2v) is 6.08. The van der Waals surface area contributed by atoms with Crippen LogP contribution in [0.15, 0.2) is 0 Å². The van der Waals surface area contributed by atoms with Gasteiger partial charge >= 0.3 is 0 Å². The van der Waals surface area contributed by atoms with Crippen LogP contribution in [0, 0.1) is 5.92 Å². The largest absolute Gasteiger partial charge is 0.224 e. The standard InChI is InChI=1S/C10H17BrN2S/c1-5-8-12-10(14-13-8)9(6(2)3)7(4)11/h6-7,9H,5H2,1-4H3. The van der Waals surface area contributed by atoms with Gasteiger partial charge in [0.1, 0.15) is 10.8 Å². The number of rotatable bonds is 4. The molecule has 1 rings (SSSR count). The number of hydrogen-bond acceptors (Lipinski definition) is 3. The van der Waals surface area contributed by atoms with E-state index >= 15 is 0 Å². The Balaban J connectivity index is 2.88. The van der Waals surface area contributed by atoms with E-state index in [-0.39, 0.29) is 0 Å². The maximum Gasteiger partial charge on any atom is 0.142 e. The third kappa shape index (κ3) is 2.76. The Hall–Kier alpha value is 0.0400. The van der Waals surface area contributed by atoms with Crippen LogP contribution in [-0.2, 0) is 6.42 Å². The molecule has 14 heavy (non-hydrogen) atoms. The summed E-state index contributed by atoms with van der Waals surface area (Å²) in [5.41, 5.74) is 0. The quantitative estimate of drug-likeness (QED) is 0.785. The number of alkyl halides is 1. The lowest BCUT2D eigenvalue weighted by Crippen LogP contribution is -2.15. The first-order chi connectivity index (χ1) is 6.56. The predicted molar refractivity (Wildman–Crippen MR) is 65.3 cm³/mol. The summed E-state index contributed by atoms with van der Waals surface area (Å²) < 4.78 is 4.33. The first-order valence-electron chi connectivity index (χ1n) is 5.02. The van der Waals surface area contributed by atoms with Crippen molar-refractivity contribution in [3.8, 4) is 0 Å². The summed E-state index contributed by atoms with van der Waals surface area (Å²) >= 11 is 5.20. The van der Waals surface area contributed by atoms with Crippen molar-refractivity contribution in [2.75, 3.05) is 0 Å². The van der Waals surface area contributed by atoms with Gasteiger partial charge in [0, 0.05) is 17.2 Å². The number of hydrogen-bond donors (Lipinski definition) is 0. The molecule has 0 bridgehead atoms. The van der Waals surface area contributed by atoms with E-state index in [0.29, 0.717) is 16.7 Å². The molecule has 0 saturated heterocycles.